The summed E-state index contributed by atoms with van der Waals surface area (Å²) in [6, 6.07) is 12.2. The summed E-state index contributed by atoms with van der Waals surface area (Å²) in [5, 5.41) is 17.6. The first-order valence-electron chi connectivity index (χ1n) is 10.1. The highest BCUT2D eigenvalue weighted by molar-refractivity contribution is 5.77. The van der Waals surface area contributed by atoms with Gasteiger partial charge in [-0.05, 0) is 55.8 Å². The van der Waals surface area contributed by atoms with Crippen molar-refractivity contribution in [1.82, 2.24) is 24.1 Å². The lowest BCUT2D eigenvalue weighted by Gasteiger charge is -2.12. The van der Waals surface area contributed by atoms with E-state index >= 15 is 0 Å². The number of anilines is 2. The Morgan fingerprint density at radius 2 is 1.94 bits per heavy atom. The van der Waals surface area contributed by atoms with E-state index in [1.807, 2.05) is 48.9 Å². The molecule has 0 saturated carbocycles. The predicted molar refractivity (Wildman–Crippen MR) is 121 cm³/mol. The van der Waals surface area contributed by atoms with E-state index < -0.39 is 0 Å². The molecule has 0 unspecified atom stereocenters. The fourth-order valence-electron chi connectivity index (χ4n) is 3.74. The van der Waals surface area contributed by atoms with Gasteiger partial charge in [0, 0.05) is 23.0 Å². The van der Waals surface area contributed by atoms with Crippen LogP contribution in [0, 0.1) is 19.7 Å². The van der Waals surface area contributed by atoms with E-state index in [4.69, 9.17) is 4.98 Å². The van der Waals surface area contributed by atoms with Crippen molar-refractivity contribution in [3.63, 3.8) is 0 Å². The zero-order valence-electron chi connectivity index (χ0n) is 17.6. The molecule has 5 rings (SSSR count). The largest absolute Gasteiger partial charge is 0.392 e. The van der Waals surface area contributed by atoms with Crippen LogP contribution in [-0.4, -0.2) is 29.3 Å². The molecule has 0 aliphatic heterocycles. The first-order chi connectivity index (χ1) is 15.5. The number of hydrogen-bond acceptors (Lipinski definition) is 5. The van der Waals surface area contributed by atoms with Gasteiger partial charge in [0.05, 0.1) is 48.1 Å². The first-order valence-corrected chi connectivity index (χ1v) is 10.1. The summed E-state index contributed by atoms with van der Waals surface area (Å²) in [7, 11) is 0. The number of hydrogen-bond donors (Lipinski definition) is 2. The second-order valence-electron chi connectivity index (χ2n) is 7.65. The molecule has 3 aromatic heterocycles. The average molecular weight is 428 g/mol. The van der Waals surface area contributed by atoms with Crippen LogP contribution in [0.3, 0.4) is 0 Å². The Morgan fingerprint density at radius 3 is 2.72 bits per heavy atom. The monoisotopic (exact) mass is 428 g/mol. The van der Waals surface area contributed by atoms with Gasteiger partial charge in [0.1, 0.15) is 5.82 Å². The molecule has 0 bridgehead atoms. The van der Waals surface area contributed by atoms with E-state index in [0.29, 0.717) is 11.3 Å². The van der Waals surface area contributed by atoms with Crippen LogP contribution < -0.4 is 5.32 Å². The Hall–Kier alpha value is -4.04. The van der Waals surface area contributed by atoms with Crippen LogP contribution >= 0.6 is 0 Å². The number of fused-ring (bicyclic) bond motifs is 1. The molecule has 0 spiro atoms. The van der Waals surface area contributed by atoms with E-state index in [2.05, 4.69) is 15.4 Å². The van der Waals surface area contributed by atoms with E-state index in [-0.39, 0.29) is 12.4 Å². The molecule has 160 valence electrons. The van der Waals surface area contributed by atoms with Crippen molar-refractivity contribution >= 4 is 17.0 Å². The van der Waals surface area contributed by atoms with Gasteiger partial charge in [-0.2, -0.15) is 5.10 Å². The molecule has 8 heteroatoms. The van der Waals surface area contributed by atoms with E-state index in [9.17, 15) is 9.50 Å². The first kappa shape index (κ1) is 19.9. The lowest BCUT2D eigenvalue weighted by Crippen LogP contribution is -2.01. The quantitative estimate of drug-likeness (QED) is 0.429. The summed E-state index contributed by atoms with van der Waals surface area (Å²) < 4.78 is 17.3. The highest BCUT2D eigenvalue weighted by Gasteiger charge is 2.13. The van der Waals surface area contributed by atoms with Crippen molar-refractivity contribution in [2.45, 2.75) is 20.5 Å². The van der Waals surface area contributed by atoms with Crippen molar-refractivity contribution in [3.05, 3.63) is 90.0 Å². The molecule has 0 radical (unpaired) electrons. The number of imidazole rings is 2. The molecule has 32 heavy (non-hydrogen) atoms. The van der Waals surface area contributed by atoms with Crippen LogP contribution in [-0.2, 0) is 6.61 Å². The number of benzene rings is 2. The van der Waals surface area contributed by atoms with Crippen LogP contribution in [0.25, 0.3) is 22.6 Å². The van der Waals surface area contributed by atoms with Gasteiger partial charge < -0.3 is 15.0 Å². The average Bonchev–Trinajstić information content (AvgIpc) is 3.42. The normalized spacial score (nSPS) is 11.2. The molecule has 7 nitrogen and oxygen atoms in total. The maximum Gasteiger partial charge on any atom is 0.177 e. The number of halogens is 1. The third-order valence-corrected chi connectivity index (χ3v) is 5.36. The molecule has 0 amide bonds. The molecule has 0 aliphatic carbocycles. The minimum atomic E-state index is -0.307. The lowest BCUT2D eigenvalue weighted by molar-refractivity contribution is 0.281. The molecule has 2 N–H and O–H groups in total. The number of aliphatic hydroxyl groups is 1. The SMILES string of the molecule is Cc1cn(-c2ccc(Nc3ccnn4cc(-c5cc(F)ccc5C)nc34)cc2CO)cn1. The number of nitrogens with one attached hydrogen (secondary N) is 1. The highest BCUT2D eigenvalue weighted by Crippen LogP contribution is 2.28. The van der Waals surface area contributed by atoms with E-state index in [0.717, 1.165) is 39.4 Å². The Morgan fingerprint density at radius 1 is 1.06 bits per heavy atom. The summed E-state index contributed by atoms with van der Waals surface area (Å²) >= 11 is 0. The standard InChI is InChI=1S/C24H21FN6O/c1-15-3-4-18(25)10-20(15)22-12-31-24(29-22)21(7-8-27-31)28-19-5-6-23(17(9-19)13-32)30-11-16(2)26-14-30/h3-12,14,28,32H,13H2,1-2H3. The maximum absolute atomic E-state index is 13.8. The van der Waals surface area contributed by atoms with Gasteiger partial charge in [0.2, 0.25) is 0 Å². The summed E-state index contributed by atoms with van der Waals surface area (Å²) in [4.78, 5) is 8.96. The van der Waals surface area contributed by atoms with Crippen molar-refractivity contribution in [2.75, 3.05) is 5.32 Å². The smallest absolute Gasteiger partial charge is 0.177 e. The number of aromatic nitrogens is 5. The fraction of sp³-hybridized carbons (Fsp3) is 0.125. The Balaban J connectivity index is 1.52. The van der Waals surface area contributed by atoms with Crippen molar-refractivity contribution < 1.29 is 9.50 Å². The molecule has 2 aromatic carbocycles. The molecule has 0 atom stereocenters. The molecule has 0 aliphatic rings. The molecular weight excluding hydrogens is 407 g/mol. The van der Waals surface area contributed by atoms with Crippen molar-refractivity contribution in [1.29, 1.82) is 0 Å². The summed E-state index contributed by atoms with van der Waals surface area (Å²) in [5.41, 5.74) is 6.99. The van der Waals surface area contributed by atoms with Gasteiger partial charge in [-0.15, -0.1) is 0 Å². The van der Waals surface area contributed by atoms with E-state index in [1.54, 1.807) is 29.3 Å². The Kier molecular flexibility index (Phi) is 4.91. The van der Waals surface area contributed by atoms with E-state index in [1.165, 1.54) is 12.1 Å². The topological polar surface area (TPSA) is 80.3 Å². The molecule has 3 heterocycles. The maximum atomic E-state index is 13.8. The minimum absolute atomic E-state index is 0.111. The van der Waals surface area contributed by atoms with Gasteiger partial charge in [0.25, 0.3) is 0 Å². The fourth-order valence-corrected chi connectivity index (χ4v) is 3.74. The summed E-state index contributed by atoms with van der Waals surface area (Å²) in [5.74, 6) is -0.307. The number of aryl methyl sites for hydroxylation is 2. The van der Waals surface area contributed by atoms with Crippen LogP contribution in [0.1, 0.15) is 16.8 Å². The summed E-state index contributed by atoms with van der Waals surface area (Å²) in [6.45, 7) is 3.73. The van der Waals surface area contributed by atoms with Crippen LogP contribution in [0.15, 0.2) is 67.4 Å². The third kappa shape index (κ3) is 3.61. The van der Waals surface area contributed by atoms with Crippen LogP contribution in [0.4, 0.5) is 15.8 Å². The molecular formula is C24H21FN6O. The third-order valence-electron chi connectivity index (χ3n) is 5.36. The Bertz CT molecular complexity index is 1440. The second kappa shape index (κ2) is 7.90. The predicted octanol–water partition coefficient (Wildman–Crippen LogP) is 4.57. The summed E-state index contributed by atoms with van der Waals surface area (Å²) in [6.07, 6.45) is 7.10. The zero-order chi connectivity index (χ0) is 22.2. The molecule has 0 saturated heterocycles. The Labute approximate surface area is 183 Å². The lowest BCUT2D eigenvalue weighted by atomic mass is 10.1. The zero-order valence-corrected chi connectivity index (χ0v) is 17.6. The van der Waals surface area contributed by atoms with Gasteiger partial charge in [-0.3, -0.25) is 0 Å². The minimum Gasteiger partial charge on any atom is -0.392 e. The van der Waals surface area contributed by atoms with Gasteiger partial charge in [-0.25, -0.2) is 18.9 Å². The highest BCUT2D eigenvalue weighted by atomic mass is 19.1. The van der Waals surface area contributed by atoms with Crippen molar-refractivity contribution in [3.8, 4) is 16.9 Å². The van der Waals surface area contributed by atoms with Crippen molar-refractivity contribution in [2.24, 2.45) is 0 Å². The molecule has 0 fully saturated rings. The number of rotatable bonds is 5. The van der Waals surface area contributed by atoms with Gasteiger partial charge >= 0.3 is 0 Å². The van der Waals surface area contributed by atoms with Gasteiger partial charge in [0.15, 0.2) is 5.65 Å². The number of aliphatic hydroxyl groups excluding tert-OH is 1. The number of nitrogens with zero attached hydrogens (tertiary/aromatic N) is 5. The van der Waals surface area contributed by atoms with Crippen LogP contribution in [0.5, 0.6) is 0 Å². The molecule has 5 aromatic rings. The second-order valence-corrected chi connectivity index (χ2v) is 7.65. The van der Waals surface area contributed by atoms with Gasteiger partial charge in [-0.1, -0.05) is 6.07 Å². The van der Waals surface area contributed by atoms with Crippen LogP contribution in [0.2, 0.25) is 0 Å².